The lowest BCUT2D eigenvalue weighted by atomic mass is 10.6. The average molecular weight is 163 g/mol. The molecule has 0 amide bonds. The molecule has 0 fully saturated rings. The third kappa shape index (κ3) is 2.73. The molecule has 0 bridgehead atoms. The van der Waals surface area contributed by atoms with E-state index in [4.69, 9.17) is 0 Å². The molecule has 2 nitrogen and oxygen atoms in total. The van der Waals surface area contributed by atoms with Crippen LogP contribution in [-0.4, -0.2) is 9.97 Å². The van der Waals surface area contributed by atoms with Crippen LogP contribution >= 0.6 is 21.6 Å². The van der Waals surface area contributed by atoms with E-state index in [1.807, 2.05) is 6.07 Å². The minimum atomic E-state index is 0. The molecule has 9 heavy (non-hydrogen) atoms. The minimum Gasteiger partial charge on any atom is -0.241 e. The third-order valence-corrected chi connectivity index (χ3v) is 1.17. The first-order chi connectivity index (χ1) is 3.93. The molecule has 1 heterocycles. The Kier molecular flexibility index (Phi) is 4.55. The first-order valence-electron chi connectivity index (χ1n) is 2.39. The van der Waals surface area contributed by atoms with E-state index in [9.17, 15) is 0 Å². The fourth-order valence-corrected chi connectivity index (χ4v) is 0.646. The van der Waals surface area contributed by atoms with Crippen LogP contribution in [0.1, 0.15) is 5.82 Å². The second kappa shape index (κ2) is 4.66. The standard InChI is InChI=1S/C5H7N2P.ClH/c8-4-5-6-2-1-3-7-5;/h1-3H,4,8H2;1H. The molecule has 1 aromatic heterocycles. The molecule has 1 aromatic rings. The van der Waals surface area contributed by atoms with E-state index in [0.717, 1.165) is 12.0 Å². The van der Waals surface area contributed by atoms with Crippen molar-refractivity contribution >= 4 is 21.6 Å². The first-order valence-corrected chi connectivity index (χ1v) is 3.21. The maximum absolute atomic E-state index is 3.97. The van der Waals surface area contributed by atoms with Gasteiger partial charge in [0.1, 0.15) is 5.82 Å². The molecule has 1 atom stereocenters. The lowest BCUT2D eigenvalue weighted by Gasteiger charge is -1.87. The van der Waals surface area contributed by atoms with Crippen molar-refractivity contribution in [2.75, 3.05) is 0 Å². The number of aromatic nitrogens is 2. The van der Waals surface area contributed by atoms with E-state index in [1.165, 1.54) is 0 Å². The Morgan fingerprint density at radius 3 is 2.22 bits per heavy atom. The molecule has 50 valence electrons. The van der Waals surface area contributed by atoms with Gasteiger partial charge in [0.25, 0.3) is 0 Å². The zero-order valence-electron chi connectivity index (χ0n) is 4.82. The Hall–Kier alpha value is -0.200. The highest BCUT2D eigenvalue weighted by atomic mass is 35.5. The van der Waals surface area contributed by atoms with Gasteiger partial charge in [0.15, 0.2) is 0 Å². The van der Waals surface area contributed by atoms with Crippen LogP contribution in [0.25, 0.3) is 0 Å². The highest BCUT2D eigenvalue weighted by Gasteiger charge is 1.83. The van der Waals surface area contributed by atoms with Crippen LogP contribution in [0, 0.1) is 0 Å². The molecule has 1 rings (SSSR count). The van der Waals surface area contributed by atoms with Crippen LogP contribution in [-0.2, 0) is 6.16 Å². The number of hydrogen-bond acceptors (Lipinski definition) is 2. The number of halogens is 1. The fourth-order valence-electron chi connectivity index (χ4n) is 0.435. The van der Waals surface area contributed by atoms with Crippen LogP contribution in [0.2, 0.25) is 0 Å². The Bertz CT molecular complexity index is 156. The van der Waals surface area contributed by atoms with Crippen molar-refractivity contribution in [1.29, 1.82) is 0 Å². The molecule has 0 saturated heterocycles. The van der Waals surface area contributed by atoms with E-state index in [-0.39, 0.29) is 12.4 Å². The summed E-state index contributed by atoms with van der Waals surface area (Å²) in [7, 11) is 2.57. The Morgan fingerprint density at radius 2 is 1.89 bits per heavy atom. The molecule has 0 saturated carbocycles. The number of rotatable bonds is 1. The van der Waals surface area contributed by atoms with Crippen LogP contribution < -0.4 is 0 Å². The van der Waals surface area contributed by atoms with E-state index in [2.05, 4.69) is 19.2 Å². The molecular formula is C5H8ClN2P. The van der Waals surface area contributed by atoms with Gasteiger partial charge in [-0.05, 0) is 6.07 Å². The van der Waals surface area contributed by atoms with Crippen molar-refractivity contribution < 1.29 is 0 Å². The Labute approximate surface area is 62.7 Å². The van der Waals surface area contributed by atoms with E-state index in [1.54, 1.807) is 12.4 Å². The van der Waals surface area contributed by atoms with Crippen molar-refractivity contribution in [2.45, 2.75) is 6.16 Å². The van der Waals surface area contributed by atoms with E-state index in [0.29, 0.717) is 0 Å². The first kappa shape index (κ1) is 8.80. The molecule has 0 spiro atoms. The zero-order valence-corrected chi connectivity index (χ0v) is 6.79. The molecule has 0 aromatic carbocycles. The van der Waals surface area contributed by atoms with Gasteiger partial charge in [-0.1, -0.05) is 0 Å². The predicted molar refractivity (Wildman–Crippen MR) is 42.7 cm³/mol. The summed E-state index contributed by atoms with van der Waals surface area (Å²) in [5.41, 5.74) is 0. The smallest absolute Gasteiger partial charge is 0.131 e. The summed E-state index contributed by atoms with van der Waals surface area (Å²) in [5, 5.41) is 0. The van der Waals surface area contributed by atoms with Crippen LogP contribution in [0.5, 0.6) is 0 Å². The minimum absolute atomic E-state index is 0. The molecule has 0 radical (unpaired) electrons. The summed E-state index contributed by atoms with van der Waals surface area (Å²) in [6.07, 6.45) is 4.32. The lowest BCUT2D eigenvalue weighted by Crippen LogP contribution is -1.85. The molecule has 0 aliphatic heterocycles. The Balaban J connectivity index is 0.000000640. The lowest BCUT2D eigenvalue weighted by molar-refractivity contribution is 1.03. The van der Waals surface area contributed by atoms with Crippen molar-refractivity contribution in [1.82, 2.24) is 9.97 Å². The van der Waals surface area contributed by atoms with Gasteiger partial charge in [-0.25, -0.2) is 9.97 Å². The SMILES string of the molecule is Cl.PCc1ncccn1. The number of hydrogen-bond donors (Lipinski definition) is 0. The normalized spacial score (nSPS) is 8.11. The average Bonchev–Trinajstić information content (AvgIpc) is 1.90. The zero-order chi connectivity index (χ0) is 5.82. The monoisotopic (exact) mass is 162 g/mol. The van der Waals surface area contributed by atoms with Crippen molar-refractivity contribution in [3.8, 4) is 0 Å². The quantitative estimate of drug-likeness (QED) is 0.582. The molecular weight excluding hydrogens is 154 g/mol. The summed E-state index contributed by atoms with van der Waals surface area (Å²) in [4.78, 5) is 7.93. The van der Waals surface area contributed by atoms with Gasteiger partial charge >= 0.3 is 0 Å². The summed E-state index contributed by atoms with van der Waals surface area (Å²) in [5.74, 6) is 0.873. The van der Waals surface area contributed by atoms with Gasteiger partial charge in [0, 0.05) is 18.6 Å². The molecule has 1 unspecified atom stereocenters. The molecule has 0 N–H and O–H groups in total. The van der Waals surface area contributed by atoms with Crippen LogP contribution in [0.3, 0.4) is 0 Å². The van der Waals surface area contributed by atoms with E-state index >= 15 is 0 Å². The highest BCUT2D eigenvalue weighted by molar-refractivity contribution is 7.15. The van der Waals surface area contributed by atoms with Gasteiger partial charge in [-0.15, -0.1) is 21.6 Å². The summed E-state index contributed by atoms with van der Waals surface area (Å²) in [6.45, 7) is 0. The maximum Gasteiger partial charge on any atom is 0.131 e. The van der Waals surface area contributed by atoms with Crippen molar-refractivity contribution in [3.05, 3.63) is 24.3 Å². The number of nitrogens with zero attached hydrogens (tertiary/aromatic N) is 2. The molecule has 0 aliphatic rings. The van der Waals surface area contributed by atoms with Gasteiger partial charge in [-0.3, -0.25) is 0 Å². The summed E-state index contributed by atoms with van der Waals surface area (Å²) < 4.78 is 0. The second-order valence-corrected chi connectivity index (χ2v) is 1.78. The largest absolute Gasteiger partial charge is 0.241 e. The second-order valence-electron chi connectivity index (χ2n) is 1.37. The topological polar surface area (TPSA) is 25.8 Å². The van der Waals surface area contributed by atoms with Gasteiger partial charge in [0.2, 0.25) is 0 Å². The van der Waals surface area contributed by atoms with Gasteiger partial charge in [0.05, 0.1) is 0 Å². The maximum atomic E-state index is 3.97. The highest BCUT2D eigenvalue weighted by Crippen LogP contribution is 1.93. The van der Waals surface area contributed by atoms with Crippen LogP contribution in [0.15, 0.2) is 18.5 Å². The van der Waals surface area contributed by atoms with Crippen molar-refractivity contribution in [2.24, 2.45) is 0 Å². The summed E-state index contributed by atoms with van der Waals surface area (Å²) in [6, 6.07) is 1.81. The third-order valence-electron chi connectivity index (χ3n) is 0.802. The van der Waals surface area contributed by atoms with Crippen molar-refractivity contribution in [3.63, 3.8) is 0 Å². The van der Waals surface area contributed by atoms with Crippen LogP contribution in [0.4, 0.5) is 0 Å². The molecule has 4 heteroatoms. The van der Waals surface area contributed by atoms with E-state index < -0.39 is 0 Å². The fraction of sp³-hybridized carbons (Fsp3) is 0.200. The van der Waals surface area contributed by atoms with Gasteiger partial charge in [-0.2, -0.15) is 0 Å². The Morgan fingerprint density at radius 1 is 1.33 bits per heavy atom. The molecule has 0 aliphatic carbocycles. The summed E-state index contributed by atoms with van der Waals surface area (Å²) >= 11 is 0. The van der Waals surface area contributed by atoms with Gasteiger partial charge < -0.3 is 0 Å². The predicted octanol–water partition coefficient (Wildman–Crippen LogP) is 1.27.